The highest BCUT2D eigenvalue weighted by Crippen LogP contribution is 2.42. The van der Waals surface area contributed by atoms with Gasteiger partial charge in [0.05, 0.1) is 11.6 Å². The maximum absolute atomic E-state index is 14.7. The van der Waals surface area contributed by atoms with E-state index in [0.29, 0.717) is 11.3 Å². The topological polar surface area (TPSA) is 83.6 Å². The number of anilines is 1. The third-order valence-electron chi connectivity index (χ3n) is 4.83. The molecule has 0 saturated carbocycles. The third kappa shape index (κ3) is 3.10. The van der Waals surface area contributed by atoms with Crippen molar-refractivity contribution in [2.75, 3.05) is 4.90 Å². The van der Waals surface area contributed by atoms with Gasteiger partial charge in [0, 0.05) is 17.2 Å². The summed E-state index contributed by atoms with van der Waals surface area (Å²) in [5.41, 5.74) is 1.18. The average molecular weight is 392 g/mol. The average Bonchev–Trinajstić information content (AvgIpc) is 3.23. The number of aliphatic hydroxyl groups excluding tert-OH is 1. The smallest absolute Gasteiger partial charge is 0.301 e. The van der Waals surface area contributed by atoms with Crippen LogP contribution in [0.2, 0.25) is 0 Å². The number of benzene rings is 2. The Bertz CT molecular complexity index is 1150. The van der Waals surface area contributed by atoms with Crippen LogP contribution in [0.5, 0.6) is 0 Å². The highest BCUT2D eigenvalue weighted by atomic mass is 19.1. The Hall–Kier alpha value is -3.74. The summed E-state index contributed by atoms with van der Waals surface area (Å²) in [5.74, 6) is -2.33. The molecule has 2 aromatic carbocycles. The number of halogens is 1. The van der Waals surface area contributed by atoms with Crippen LogP contribution < -0.4 is 4.90 Å². The predicted octanol–water partition coefficient (Wildman–Crippen LogP) is 4.06. The molecule has 0 radical (unpaired) electrons. The fourth-order valence-corrected chi connectivity index (χ4v) is 3.39. The number of ketones is 1. The second-order valence-corrected chi connectivity index (χ2v) is 6.85. The van der Waals surface area contributed by atoms with Crippen molar-refractivity contribution in [3.05, 3.63) is 88.4 Å². The van der Waals surface area contributed by atoms with Crippen molar-refractivity contribution in [1.29, 1.82) is 0 Å². The number of carbonyl (C=O) groups is 2. The van der Waals surface area contributed by atoms with Crippen molar-refractivity contribution in [2.24, 2.45) is 0 Å². The summed E-state index contributed by atoms with van der Waals surface area (Å²) in [6.45, 7) is 3.52. The van der Waals surface area contributed by atoms with Gasteiger partial charge in [-0.05, 0) is 19.9 Å². The lowest BCUT2D eigenvalue weighted by atomic mass is 9.94. The molecule has 146 valence electrons. The van der Waals surface area contributed by atoms with Crippen LogP contribution >= 0.6 is 0 Å². The summed E-state index contributed by atoms with van der Waals surface area (Å²) in [4.78, 5) is 26.8. The number of aryl methyl sites for hydroxylation is 2. The Kier molecular flexibility index (Phi) is 4.50. The minimum Gasteiger partial charge on any atom is -0.507 e. The van der Waals surface area contributed by atoms with Crippen LogP contribution in [-0.4, -0.2) is 22.0 Å². The van der Waals surface area contributed by atoms with E-state index in [1.165, 1.54) is 24.3 Å². The minimum atomic E-state index is -1.18. The standard InChI is InChI=1S/C22H17FN2O4/c1-12-7-9-14(10-8-12)20(26)18-19(15-5-3-4-6-16(15)23)25(22(28)21(18)27)17-11-13(2)29-24-17/h3-11,19,26H,1-2H3/b20-18-. The highest BCUT2D eigenvalue weighted by molar-refractivity contribution is 6.51. The summed E-state index contributed by atoms with van der Waals surface area (Å²) < 4.78 is 19.7. The first kappa shape index (κ1) is 18.6. The van der Waals surface area contributed by atoms with Crippen LogP contribution in [0.4, 0.5) is 10.2 Å². The number of rotatable bonds is 3. The van der Waals surface area contributed by atoms with Gasteiger partial charge in [0.15, 0.2) is 5.82 Å². The molecule has 1 aromatic heterocycles. The molecule has 2 heterocycles. The Morgan fingerprint density at radius 2 is 1.79 bits per heavy atom. The first-order chi connectivity index (χ1) is 13.9. The van der Waals surface area contributed by atoms with E-state index in [1.807, 2.05) is 6.92 Å². The van der Waals surface area contributed by atoms with E-state index in [2.05, 4.69) is 5.16 Å². The van der Waals surface area contributed by atoms with Crippen LogP contribution in [0.1, 0.15) is 28.5 Å². The molecule has 29 heavy (non-hydrogen) atoms. The van der Waals surface area contributed by atoms with E-state index in [-0.39, 0.29) is 22.7 Å². The van der Waals surface area contributed by atoms with Crippen LogP contribution in [0.25, 0.3) is 5.76 Å². The van der Waals surface area contributed by atoms with Crippen LogP contribution in [0, 0.1) is 19.7 Å². The molecule has 3 aromatic rings. The lowest BCUT2D eigenvalue weighted by molar-refractivity contribution is -0.132. The molecule has 1 aliphatic heterocycles. The predicted molar refractivity (Wildman–Crippen MR) is 104 cm³/mol. The largest absolute Gasteiger partial charge is 0.507 e. The number of carbonyl (C=O) groups excluding carboxylic acids is 2. The lowest BCUT2D eigenvalue weighted by Crippen LogP contribution is -2.30. The Morgan fingerprint density at radius 3 is 2.41 bits per heavy atom. The van der Waals surface area contributed by atoms with Crippen molar-refractivity contribution in [2.45, 2.75) is 19.9 Å². The van der Waals surface area contributed by atoms with E-state index < -0.39 is 23.5 Å². The van der Waals surface area contributed by atoms with Gasteiger partial charge < -0.3 is 9.63 Å². The molecule has 1 amide bonds. The second-order valence-electron chi connectivity index (χ2n) is 6.85. The van der Waals surface area contributed by atoms with Gasteiger partial charge in [-0.3, -0.25) is 14.5 Å². The van der Waals surface area contributed by atoms with Gasteiger partial charge in [0.2, 0.25) is 0 Å². The fraction of sp³-hybridized carbons (Fsp3) is 0.136. The van der Waals surface area contributed by atoms with Gasteiger partial charge in [-0.2, -0.15) is 0 Å². The zero-order valence-electron chi connectivity index (χ0n) is 15.7. The number of amides is 1. The maximum Gasteiger partial charge on any atom is 0.301 e. The van der Waals surface area contributed by atoms with Crippen molar-refractivity contribution in [3.63, 3.8) is 0 Å². The van der Waals surface area contributed by atoms with Gasteiger partial charge in [-0.15, -0.1) is 0 Å². The zero-order valence-corrected chi connectivity index (χ0v) is 15.7. The molecular weight excluding hydrogens is 375 g/mol. The highest BCUT2D eigenvalue weighted by Gasteiger charge is 2.48. The van der Waals surface area contributed by atoms with E-state index in [0.717, 1.165) is 10.5 Å². The van der Waals surface area contributed by atoms with Crippen LogP contribution in [0.15, 0.2) is 64.7 Å². The number of Topliss-reactive ketones (excluding diaryl/α,β-unsaturated/α-hetero) is 1. The van der Waals surface area contributed by atoms with Gasteiger partial charge in [-0.25, -0.2) is 4.39 Å². The van der Waals surface area contributed by atoms with Crippen LogP contribution in [-0.2, 0) is 9.59 Å². The van der Waals surface area contributed by atoms with Gasteiger partial charge in [-0.1, -0.05) is 53.2 Å². The van der Waals surface area contributed by atoms with Crippen LogP contribution in [0.3, 0.4) is 0 Å². The molecule has 1 unspecified atom stereocenters. The molecule has 6 nitrogen and oxygen atoms in total. The number of aromatic nitrogens is 1. The van der Waals surface area contributed by atoms with Crippen molar-refractivity contribution in [3.8, 4) is 0 Å². The monoisotopic (exact) mass is 392 g/mol. The number of hydrogen-bond donors (Lipinski definition) is 1. The third-order valence-corrected chi connectivity index (χ3v) is 4.83. The molecule has 1 fully saturated rings. The summed E-state index contributed by atoms with van der Waals surface area (Å²) in [6, 6.07) is 12.9. The SMILES string of the molecule is Cc1ccc(/C(O)=C2/C(=O)C(=O)N(c3cc(C)on3)C2c2ccccc2F)cc1. The summed E-state index contributed by atoms with van der Waals surface area (Å²) in [7, 11) is 0. The zero-order chi connectivity index (χ0) is 20.7. The molecular formula is C22H17FN2O4. The summed E-state index contributed by atoms with van der Waals surface area (Å²) in [6.07, 6.45) is 0. The molecule has 0 spiro atoms. The molecule has 7 heteroatoms. The lowest BCUT2D eigenvalue weighted by Gasteiger charge is -2.23. The molecule has 4 rings (SSSR count). The number of nitrogens with zero attached hydrogens (tertiary/aromatic N) is 2. The first-order valence-electron chi connectivity index (χ1n) is 8.94. The quantitative estimate of drug-likeness (QED) is 0.413. The molecule has 1 saturated heterocycles. The second kappa shape index (κ2) is 7.01. The normalized spacial score (nSPS) is 18.4. The summed E-state index contributed by atoms with van der Waals surface area (Å²) >= 11 is 0. The van der Waals surface area contributed by atoms with E-state index in [1.54, 1.807) is 37.3 Å². The fourth-order valence-electron chi connectivity index (χ4n) is 3.39. The van der Waals surface area contributed by atoms with Gasteiger partial charge in [0.25, 0.3) is 5.78 Å². The van der Waals surface area contributed by atoms with Crippen molar-refractivity contribution < 1.29 is 23.6 Å². The summed E-state index contributed by atoms with van der Waals surface area (Å²) in [5, 5.41) is 14.7. The van der Waals surface area contributed by atoms with E-state index >= 15 is 0 Å². The Balaban J connectivity index is 1.97. The number of aliphatic hydroxyl groups is 1. The molecule has 0 bridgehead atoms. The maximum atomic E-state index is 14.7. The minimum absolute atomic E-state index is 0.0702. The Labute approximate surface area is 165 Å². The van der Waals surface area contributed by atoms with Crippen molar-refractivity contribution >= 4 is 23.3 Å². The van der Waals surface area contributed by atoms with Crippen molar-refractivity contribution in [1.82, 2.24) is 5.16 Å². The Morgan fingerprint density at radius 1 is 1.10 bits per heavy atom. The van der Waals surface area contributed by atoms with Gasteiger partial charge in [0.1, 0.15) is 17.3 Å². The molecule has 1 N–H and O–H groups in total. The molecule has 0 aliphatic carbocycles. The molecule has 1 aliphatic rings. The van der Waals surface area contributed by atoms with E-state index in [4.69, 9.17) is 4.52 Å². The van der Waals surface area contributed by atoms with Gasteiger partial charge >= 0.3 is 5.91 Å². The number of hydrogen-bond acceptors (Lipinski definition) is 5. The first-order valence-corrected chi connectivity index (χ1v) is 8.94. The van der Waals surface area contributed by atoms with E-state index in [9.17, 15) is 19.1 Å². The molecule has 1 atom stereocenters.